The lowest BCUT2D eigenvalue weighted by Gasteiger charge is -2.61. The predicted octanol–water partition coefficient (Wildman–Crippen LogP) is 5.50. The lowest BCUT2D eigenvalue weighted by Crippen LogP contribution is -2.68. The summed E-state index contributed by atoms with van der Waals surface area (Å²) in [5.74, 6) is -2.17. The average molecular weight is 671 g/mol. The van der Waals surface area contributed by atoms with Crippen molar-refractivity contribution in [2.75, 3.05) is 33.0 Å². The number of hydrogen-bond acceptors (Lipinski definition) is 10. The summed E-state index contributed by atoms with van der Waals surface area (Å²) in [5, 5.41) is 19.3. The second-order valence-corrected chi connectivity index (χ2v) is 16.9. The van der Waals surface area contributed by atoms with E-state index >= 15 is 0 Å². The highest BCUT2D eigenvalue weighted by Crippen LogP contribution is 2.72. The van der Waals surface area contributed by atoms with Crippen molar-refractivity contribution in [1.29, 1.82) is 5.26 Å². The van der Waals surface area contributed by atoms with E-state index in [1.54, 1.807) is 20.8 Å². The molecule has 2 bridgehead atoms. The number of likely N-dealkylation sites (tertiary alicyclic amines) is 1. The van der Waals surface area contributed by atoms with Gasteiger partial charge < -0.3 is 28.8 Å². The van der Waals surface area contributed by atoms with Crippen molar-refractivity contribution >= 4 is 17.8 Å². The summed E-state index contributed by atoms with van der Waals surface area (Å²) in [5.41, 5.74) is -2.58. The number of amides is 2. The summed E-state index contributed by atoms with van der Waals surface area (Å²) in [6.07, 6.45) is 5.69. The highest BCUT2D eigenvalue weighted by Gasteiger charge is 2.76. The fraction of sp³-hybridized carbons (Fsp3) is 0.838. The van der Waals surface area contributed by atoms with Gasteiger partial charge in [0.1, 0.15) is 12.2 Å². The normalized spacial score (nSPS) is 42.2. The SMILES string of the molecule is C=C1N(C(=O)OC(C)(C)C)C(=O)[C@@]2(C)C3C4(CC[C@@]13CC[C@H]2C)OCCO4.C[C@@H]1CC[C@@]2(C#N)CCC3(OCCO3)[C@@H]2[C@]1(C)C(=O)CO. The Morgan fingerprint density at radius 1 is 0.917 bits per heavy atom. The zero-order valence-electron chi connectivity index (χ0n) is 29.8. The predicted molar refractivity (Wildman–Crippen MR) is 173 cm³/mol. The summed E-state index contributed by atoms with van der Waals surface area (Å²) in [6.45, 7) is 19.3. The van der Waals surface area contributed by atoms with E-state index in [1.807, 2.05) is 20.8 Å². The molecule has 3 aliphatic heterocycles. The van der Waals surface area contributed by atoms with Gasteiger partial charge in [-0.2, -0.15) is 5.26 Å². The first-order valence-corrected chi connectivity index (χ1v) is 17.8. The number of aliphatic hydroxyl groups is 1. The number of hydrogen-bond donors (Lipinski definition) is 1. The van der Waals surface area contributed by atoms with Crippen LogP contribution in [0.3, 0.4) is 0 Å². The van der Waals surface area contributed by atoms with Crippen molar-refractivity contribution in [1.82, 2.24) is 4.90 Å². The Hall–Kier alpha value is -2.36. The third-order valence-electron chi connectivity index (χ3n) is 13.7. The maximum atomic E-state index is 13.7. The molecule has 11 heteroatoms. The first kappa shape index (κ1) is 35.5. The fourth-order valence-electron chi connectivity index (χ4n) is 11.2. The zero-order valence-corrected chi connectivity index (χ0v) is 29.8. The van der Waals surface area contributed by atoms with E-state index in [1.165, 1.54) is 4.90 Å². The summed E-state index contributed by atoms with van der Waals surface area (Å²) in [6, 6.07) is 2.49. The minimum absolute atomic E-state index is 0.103. The molecule has 7 rings (SSSR count). The van der Waals surface area contributed by atoms with Crippen LogP contribution in [0.4, 0.5) is 4.79 Å². The molecule has 1 N–H and O–H groups in total. The molecule has 48 heavy (non-hydrogen) atoms. The maximum absolute atomic E-state index is 13.7. The quantitative estimate of drug-likeness (QED) is 0.400. The number of carbonyl (C=O) groups excluding carboxylic acids is 3. The molecule has 0 aromatic rings. The van der Waals surface area contributed by atoms with Gasteiger partial charge in [-0.3, -0.25) is 9.59 Å². The number of ether oxygens (including phenoxy) is 5. The van der Waals surface area contributed by atoms with Crippen molar-refractivity contribution in [2.45, 2.75) is 117 Å². The number of piperidine rings is 1. The largest absolute Gasteiger partial charge is 0.443 e. The molecule has 1 unspecified atom stereocenters. The lowest BCUT2D eigenvalue weighted by atomic mass is 9.48. The van der Waals surface area contributed by atoms with Crippen LogP contribution in [0, 0.1) is 56.7 Å². The van der Waals surface area contributed by atoms with Gasteiger partial charge in [0.25, 0.3) is 0 Å². The van der Waals surface area contributed by atoms with Gasteiger partial charge in [0.15, 0.2) is 17.4 Å². The molecule has 2 amide bonds. The van der Waals surface area contributed by atoms with E-state index in [0.29, 0.717) is 45.0 Å². The first-order valence-electron chi connectivity index (χ1n) is 17.8. The monoisotopic (exact) mass is 670 g/mol. The van der Waals surface area contributed by atoms with E-state index in [2.05, 4.69) is 19.6 Å². The number of nitriles is 1. The number of imide groups is 1. The van der Waals surface area contributed by atoms with Crippen molar-refractivity contribution in [3.63, 3.8) is 0 Å². The smallest absolute Gasteiger partial charge is 0.421 e. The Balaban J connectivity index is 0.000000173. The van der Waals surface area contributed by atoms with E-state index in [4.69, 9.17) is 23.7 Å². The Labute approximate surface area is 284 Å². The van der Waals surface area contributed by atoms with Gasteiger partial charge in [0.05, 0.1) is 43.3 Å². The topological polar surface area (TPSA) is 145 Å². The molecule has 8 atom stereocenters. The first-order chi connectivity index (χ1) is 22.4. The molecular weight excluding hydrogens is 616 g/mol. The lowest BCUT2D eigenvalue weighted by molar-refractivity contribution is -0.246. The minimum atomic E-state index is -0.815. The van der Waals surface area contributed by atoms with Crippen LogP contribution in [0.15, 0.2) is 12.3 Å². The Morgan fingerprint density at radius 3 is 2.00 bits per heavy atom. The van der Waals surface area contributed by atoms with Crippen LogP contribution in [-0.2, 0) is 33.3 Å². The highest BCUT2D eigenvalue weighted by molar-refractivity contribution is 5.99. The van der Waals surface area contributed by atoms with Crippen molar-refractivity contribution in [3.05, 3.63) is 12.3 Å². The van der Waals surface area contributed by atoms with E-state index < -0.39 is 46.1 Å². The molecule has 7 aliphatic rings. The molecule has 11 nitrogen and oxygen atoms in total. The van der Waals surface area contributed by atoms with Crippen LogP contribution in [-0.4, -0.2) is 78.0 Å². The van der Waals surface area contributed by atoms with Crippen molar-refractivity contribution in [3.8, 4) is 6.07 Å². The van der Waals surface area contributed by atoms with Gasteiger partial charge in [-0.15, -0.1) is 0 Å². The number of allylic oxidation sites excluding steroid dienone is 1. The van der Waals surface area contributed by atoms with Gasteiger partial charge in [-0.1, -0.05) is 27.4 Å². The standard InChI is InChI=1S/C21H31NO5.C16H23NO4/c1-13-7-8-20-9-10-21(25-11-12-26-21)15(20)19(13,6)16(23)22(14(20)2)17(24)27-18(3,4)5;1-11-3-4-15(10-17)5-6-16(20-7-8-21-16)13(15)14(11,2)12(19)9-18/h13,15H,2,7-12H2,1,3-6H3;11,13,18H,3-9H2,1-2H3/t13-,15?,19-,20+;11-,13-,14+,15+/m11/s1. The van der Waals surface area contributed by atoms with Gasteiger partial charge in [0.2, 0.25) is 5.91 Å². The van der Waals surface area contributed by atoms with Crippen LogP contribution in [0.1, 0.15) is 99.8 Å². The molecule has 266 valence electrons. The average Bonchev–Trinajstić information content (AvgIpc) is 3.84. The number of ketones is 1. The Morgan fingerprint density at radius 2 is 1.46 bits per heavy atom. The third kappa shape index (κ3) is 4.72. The van der Waals surface area contributed by atoms with Gasteiger partial charge in [0, 0.05) is 41.2 Å². The van der Waals surface area contributed by atoms with Gasteiger partial charge in [-0.25, -0.2) is 9.69 Å². The molecule has 4 aliphatic carbocycles. The molecule has 3 heterocycles. The summed E-state index contributed by atoms with van der Waals surface area (Å²) in [7, 11) is 0. The number of fused-ring (bicyclic) bond motifs is 2. The minimum Gasteiger partial charge on any atom is -0.443 e. The van der Waals surface area contributed by atoms with E-state index in [-0.39, 0.29) is 40.8 Å². The van der Waals surface area contributed by atoms with Crippen LogP contribution >= 0.6 is 0 Å². The number of carbonyl (C=O) groups is 3. The zero-order chi connectivity index (χ0) is 35.1. The number of nitrogens with zero attached hydrogens (tertiary/aromatic N) is 2. The summed E-state index contributed by atoms with van der Waals surface area (Å²) < 4.78 is 29.7. The van der Waals surface area contributed by atoms with Crippen LogP contribution < -0.4 is 0 Å². The molecule has 0 aromatic carbocycles. The van der Waals surface area contributed by atoms with Crippen molar-refractivity contribution in [2.24, 2.45) is 45.3 Å². The molecule has 4 saturated carbocycles. The van der Waals surface area contributed by atoms with Crippen molar-refractivity contribution < 1.29 is 43.2 Å². The Kier molecular flexibility index (Phi) is 8.56. The Bertz CT molecular complexity index is 1400. The molecule has 0 radical (unpaired) electrons. The maximum Gasteiger partial charge on any atom is 0.421 e. The second kappa shape index (κ2) is 11.6. The molecule has 0 aromatic heterocycles. The summed E-state index contributed by atoms with van der Waals surface area (Å²) >= 11 is 0. The summed E-state index contributed by atoms with van der Waals surface area (Å²) in [4.78, 5) is 40.5. The molecule has 7 fully saturated rings. The van der Waals surface area contributed by atoms with Crippen LogP contribution in [0.2, 0.25) is 0 Å². The third-order valence-corrected chi connectivity index (χ3v) is 13.7. The molecular formula is C37H54N2O9. The molecule has 2 spiro atoms. The molecule has 3 saturated heterocycles. The second-order valence-electron chi connectivity index (χ2n) is 16.9. The fourth-order valence-corrected chi connectivity index (χ4v) is 11.2. The van der Waals surface area contributed by atoms with E-state index in [9.17, 15) is 24.8 Å². The van der Waals surface area contributed by atoms with Gasteiger partial charge >= 0.3 is 6.09 Å². The van der Waals surface area contributed by atoms with Crippen LogP contribution in [0.5, 0.6) is 0 Å². The number of rotatable bonds is 2. The number of aliphatic hydroxyl groups excluding tert-OH is 1. The van der Waals surface area contributed by atoms with Crippen LogP contribution in [0.25, 0.3) is 0 Å². The number of Topliss-reactive ketones (excluding diaryl/α,β-unsaturated/α-hetero) is 1. The van der Waals surface area contributed by atoms with Gasteiger partial charge in [-0.05, 0) is 78.1 Å². The highest BCUT2D eigenvalue weighted by atomic mass is 16.7. The van der Waals surface area contributed by atoms with E-state index in [0.717, 1.165) is 38.5 Å².